The van der Waals surface area contributed by atoms with Crippen LogP contribution in [0.3, 0.4) is 0 Å². The van der Waals surface area contributed by atoms with Crippen LogP contribution < -0.4 is 0 Å². The first-order chi connectivity index (χ1) is 15.7. The normalized spacial score (nSPS) is 19.6. The van der Waals surface area contributed by atoms with Gasteiger partial charge in [-0.1, -0.05) is 100 Å². The second-order valence-corrected chi connectivity index (χ2v) is 9.94. The van der Waals surface area contributed by atoms with E-state index in [4.69, 9.17) is 0 Å². The van der Waals surface area contributed by atoms with Crippen LogP contribution in [0.15, 0.2) is 48.5 Å². The molecule has 1 saturated carbocycles. The Morgan fingerprint density at radius 1 is 0.697 bits per heavy atom. The number of halogens is 4. The van der Waals surface area contributed by atoms with Crippen LogP contribution in [0.2, 0.25) is 0 Å². The fourth-order valence-corrected chi connectivity index (χ4v) is 5.07. The molecule has 182 valence electrons. The summed E-state index contributed by atoms with van der Waals surface area (Å²) in [5, 5.41) is 0. The van der Waals surface area contributed by atoms with Crippen molar-refractivity contribution in [3.05, 3.63) is 59.7 Å². The summed E-state index contributed by atoms with van der Waals surface area (Å²) >= 11 is 0. The number of hydrogen-bond acceptors (Lipinski definition) is 0. The van der Waals surface area contributed by atoms with Crippen LogP contribution in [0, 0.1) is 5.92 Å². The van der Waals surface area contributed by atoms with Gasteiger partial charge in [-0.3, -0.25) is 0 Å². The molecule has 0 bridgehead atoms. The Morgan fingerprint density at radius 2 is 1.21 bits per heavy atom. The highest BCUT2D eigenvalue weighted by molar-refractivity contribution is 5.64. The molecular formula is C29H38F4. The minimum atomic E-state index is -4.18. The van der Waals surface area contributed by atoms with Gasteiger partial charge in [-0.15, -0.1) is 0 Å². The van der Waals surface area contributed by atoms with E-state index >= 15 is 0 Å². The van der Waals surface area contributed by atoms with Gasteiger partial charge in [0.2, 0.25) is 0 Å². The molecule has 1 aliphatic rings. The van der Waals surface area contributed by atoms with Crippen LogP contribution in [0.25, 0.3) is 11.1 Å². The lowest BCUT2D eigenvalue weighted by molar-refractivity contribution is -0.204. The van der Waals surface area contributed by atoms with Crippen molar-refractivity contribution < 1.29 is 17.6 Å². The first-order valence-electron chi connectivity index (χ1n) is 12.7. The van der Waals surface area contributed by atoms with E-state index in [2.05, 4.69) is 19.1 Å². The molecule has 3 rings (SSSR count). The third-order valence-corrected chi connectivity index (χ3v) is 7.33. The predicted molar refractivity (Wildman–Crippen MR) is 129 cm³/mol. The molecule has 0 atom stereocenters. The van der Waals surface area contributed by atoms with Gasteiger partial charge in [0.15, 0.2) is 0 Å². The van der Waals surface area contributed by atoms with Crippen molar-refractivity contribution in [3.63, 3.8) is 0 Å². The van der Waals surface area contributed by atoms with E-state index in [0.717, 1.165) is 29.2 Å². The predicted octanol–water partition coefficient (Wildman–Crippen LogP) is 10.1. The number of benzene rings is 2. The van der Waals surface area contributed by atoms with E-state index in [1.807, 2.05) is 12.1 Å². The maximum Gasteiger partial charge on any atom is 0.335 e. The maximum absolute atomic E-state index is 13.9. The van der Waals surface area contributed by atoms with Crippen LogP contribution >= 0.6 is 0 Å². The van der Waals surface area contributed by atoms with Crippen molar-refractivity contribution in [2.24, 2.45) is 5.92 Å². The Bertz CT molecular complexity index is 825. The average Bonchev–Trinajstić information content (AvgIpc) is 2.81. The van der Waals surface area contributed by atoms with Crippen molar-refractivity contribution in [1.29, 1.82) is 0 Å². The summed E-state index contributed by atoms with van der Waals surface area (Å²) in [6.07, 6.45) is 14.6. The molecule has 0 spiro atoms. The van der Waals surface area contributed by atoms with Crippen LogP contribution in [0.1, 0.15) is 102 Å². The largest absolute Gasteiger partial charge is 0.335 e. The van der Waals surface area contributed by atoms with Gasteiger partial charge >= 0.3 is 11.8 Å². The highest BCUT2D eigenvalue weighted by Crippen LogP contribution is 2.43. The Balaban J connectivity index is 1.50. The van der Waals surface area contributed by atoms with Crippen LogP contribution in [-0.2, 0) is 5.92 Å². The summed E-state index contributed by atoms with van der Waals surface area (Å²) < 4.78 is 54.2. The summed E-state index contributed by atoms with van der Waals surface area (Å²) in [5.74, 6) is -6.81. The lowest BCUT2D eigenvalue weighted by Crippen LogP contribution is -2.34. The van der Waals surface area contributed by atoms with Crippen LogP contribution in [-0.4, -0.2) is 5.92 Å². The zero-order valence-electron chi connectivity index (χ0n) is 20.1. The zero-order valence-corrected chi connectivity index (χ0v) is 20.1. The number of hydrogen-bond donors (Lipinski definition) is 0. The molecular weight excluding hydrogens is 424 g/mol. The SMILES string of the molecule is CCCCCCCC[C@H]1CC[C@H](c2ccc(-c3ccc(C(F)(F)C(C)(F)F)cc3)cc2)CC1. The summed E-state index contributed by atoms with van der Waals surface area (Å²) in [6.45, 7) is 2.51. The molecule has 2 aromatic rings. The molecule has 0 unspecified atom stereocenters. The average molecular weight is 463 g/mol. The smallest absolute Gasteiger partial charge is 0.200 e. The summed E-state index contributed by atoms with van der Waals surface area (Å²) in [6, 6.07) is 13.5. The van der Waals surface area contributed by atoms with Gasteiger partial charge in [0, 0.05) is 12.5 Å². The summed E-state index contributed by atoms with van der Waals surface area (Å²) in [5.41, 5.74) is 2.34. The molecule has 0 saturated heterocycles. The van der Waals surface area contributed by atoms with Crippen molar-refractivity contribution in [1.82, 2.24) is 0 Å². The molecule has 2 aromatic carbocycles. The minimum Gasteiger partial charge on any atom is -0.200 e. The second-order valence-electron chi connectivity index (χ2n) is 9.94. The van der Waals surface area contributed by atoms with E-state index in [1.165, 1.54) is 88.3 Å². The lowest BCUT2D eigenvalue weighted by Gasteiger charge is -2.29. The van der Waals surface area contributed by atoms with Crippen molar-refractivity contribution in [2.75, 3.05) is 0 Å². The molecule has 0 aromatic heterocycles. The third-order valence-electron chi connectivity index (χ3n) is 7.33. The van der Waals surface area contributed by atoms with Gasteiger partial charge in [0.05, 0.1) is 0 Å². The number of alkyl halides is 4. The van der Waals surface area contributed by atoms with E-state index in [9.17, 15) is 17.6 Å². The number of rotatable bonds is 11. The van der Waals surface area contributed by atoms with Crippen molar-refractivity contribution >= 4 is 0 Å². The highest BCUT2D eigenvalue weighted by atomic mass is 19.3. The third kappa shape index (κ3) is 6.83. The maximum atomic E-state index is 13.9. The van der Waals surface area contributed by atoms with Crippen LogP contribution in [0.5, 0.6) is 0 Å². The standard InChI is InChI=1S/C29H38F4/c1-3-4-5-6-7-8-9-22-10-12-23(13-11-22)24-14-16-25(17-15-24)26-18-20-27(21-19-26)29(32,33)28(2,30)31/h14-23H,3-13H2,1-2H3/t22-,23-. The summed E-state index contributed by atoms with van der Waals surface area (Å²) in [4.78, 5) is 0. The number of unbranched alkanes of at least 4 members (excludes halogenated alkanes) is 5. The van der Waals surface area contributed by atoms with Crippen molar-refractivity contribution in [2.45, 2.75) is 102 Å². The molecule has 0 heterocycles. The quantitative estimate of drug-likeness (QED) is 0.230. The monoisotopic (exact) mass is 462 g/mol. The van der Waals surface area contributed by atoms with Crippen LogP contribution in [0.4, 0.5) is 17.6 Å². The van der Waals surface area contributed by atoms with E-state index in [-0.39, 0.29) is 6.92 Å². The molecule has 1 aliphatic carbocycles. The molecule has 4 heteroatoms. The molecule has 1 fully saturated rings. The molecule has 0 N–H and O–H groups in total. The molecule has 0 nitrogen and oxygen atoms in total. The second kappa shape index (κ2) is 11.5. The lowest BCUT2D eigenvalue weighted by atomic mass is 9.77. The molecule has 0 radical (unpaired) electrons. The zero-order chi connectivity index (χ0) is 23.9. The van der Waals surface area contributed by atoms with E-state index < -0.39 is 17.4 Å². The van der Waals surface area contributed by atoms with E-state index in [1.54, 1.807) is 0 Å². The Morgan fingerprint density at radius 3 is 1.76 bits per heavy atom. The Hall–Kier alpha value is -1.84. The first kappa shape index (κ1) is 25.8. The summed E-state index contributed by atoms with van der Waals surface area (Å²) in [7, 11) is 0. The minimum absolute atomic E-state index is 0.252. The van der Waals surface area contributed by atoms with Crippen molar-refractivity contribution in [3.8, 4) is 11.1 Å². The fourth-order valence-electron chi connectivity index (χ4n) is 5.07. The molecule has 33 heavy (non-hydrogen) atoms. The van der Waals surface area contributed by atoms with Gasteiger partial charge in [0.25, 0.3) is 0 Å². The fraction of sp³-hybridized carbons (Fsp3) is 0.586. The van der Waals surface area contributed by atoms with E-state index in [0.29, 0.717) is 5.92 Å². The van der Waals surface area contributed by atoms with Gasteiger partial charge in [-0.2, -0.15) is 17.6 Å². The molecule has 0 amide bonds. The topological polar surface area (TPSA) is 0 Å². The first-order valence-corrected chi connectivity index (χ1v) is 12.7. The Kier molecular flexibility index (Phi) is 9.01. The van der Waals surface area contributed by atoms with Gasteiger partial charge in [0.1, 0.15) is 0 Å². The Labute approximate surface area is 196 Å². The van der Waals surface area contributed by atoms with Gasteiger partial charge < -0.3 is 0 Å². The van der Waals surface area contributed by atoms with Gasteiger partial charge in [-0.05, 0) is 54.2 Å². The highest BCUT2D eigenvalue weighted by Gasteiger charge is 2.53. The molecule has 0 aliphatic heterocycles. The van der Waals surface area contributed by atoms with Gasteiger partial charge in [-0.25, -0.2) is 0 Å².